The van der Waals surface area contributed by atoms with Gasteiger partial charge in [-0.15, -0.1) is 0 Å². The summed E-state index contributed by atoms with van der Waals surface area (Å²) in [5.74, 6) is -0.410. The van der Waals surface area contributed by atoms with Crippen LogP contribution in [0.25, 0.3) is 0 Å². The highest BCUT2D eigenvalue weighted by atomic mass is 19.4. The number of carbonyl (C=O) groups is 2. The van der Waals surface area contributed by atoms with E-state index in [1.165, 1.54) is 13.1 Å². The van der Waals surface area contributed by atoms with Gasteiger partial charge >= 0.3 is 12.2 Å². The number of alkyl halides is 3. The summed E-state index contributed by atoms with van der Waals surface area (Å²) in [6.07, 6.45) is -4.37. The number of nitrogens with zero attached hydrogens (tertiary/aromatic N) is 2. The average Bonchev–Trinajstić information content (AvgIpc) is 2.60. The Balaban J connectivity index is 1.95. The van der Waals surface area contributed by atoms with Crippen LogP contribution in [0.2, 0.25) is 0 Å². The lowest BCUT2D eigenvalue weighted by molar-refractivity contribution is -0.137. The van der Waals surface area contributed by atoms with Crippen molar-refractivity contribution in [3.05, 3.63) is 29.8 Å². The number of halogens is 3. The maximum absolute atomic E-state index is 12.8. The van der Waals surface area contributed by atoms with Gasteiger partial charge in [0.1, 0.15) is 0 Å². The van der Waals surface area contributed by atoms with E-state index >= 15 is 0 Å². The first kappa shape index (κ1) is 19.0. The summed E-state index contributed by atoms with van der Waals surface area (Å²) in [6.45, 7) is 3.72. The van der Waals surface area contributed by atoms with Crippen LogP contribution in [-0.2, 0) is 11.0 Å². The Labute approximate surface area is 144 Å². The Morgan fingerprint density at radius 1 is 1.16 bits per heavy atom. The zero-order valence-corrected chi connectivity index (χ0v) is 14.1. The van der Waals surface area contributed by atoms with Crippen LogP contribution in [0.3, 0.4) is 0 Å². The quantitative estimate of drug-likeness (QED) is 0.863. The summed E-state index contributed by atoms with van der Waals surface area (Å²) < 4.78 is 38.5. The van der Waals surface area contributed by atoms with Crippen LogP contribution in [0, 0.1) is 0 Å². The maximum atomic E-state index is 12.8. The highest BCUT2D eigenvalue weighted by molar-refractivity contribution is 5.96. The molecule has 1 aliphatic heterocycles. The molecule has 1 fully saturated rings. The fourth-order valence-corrected chi connectivity index (χ4v) is 2.69. The minimum Gasteiger partial charge on any atom is -0.369 e. The molecule has 25 heavy (non-hydrogen) atoms. The van der Waals surface area contributed by atoms with Gasteiger partial charge in [0.25, 0.3) is 0 Å². The minimum absolute atomic E-state index is 0.410. The van der Waals surface area contributed by atoms with E-state index in [1.807, 2.05) is 9.80 Å². The van der Waals surface area contributed by atoms with Crippen LogP contribution < -0.4 is 15.5 Å². The van der Waals surface area contributed by atoms with Crippen molar-refractivity contribution in [1.29, 1.82) is 0 Å². The van der Waals surface area contributed by atoms with E-state index in [9.17, 15) is 22.8 Å². The molecule has 0 aliphatic carbocycles. The highest BCUT2D eigenvalue weighted by Crippen LogP contribution is 2.31. The Morgan fingerprint density at radius 2 is 1.80 bits per heavy atom. The summed E-state index contributed by atoms with van der Waals surface area (Å²) in [6, 6.07) is 4.15. The first-order chi connectivity index (χ1) is 11.7. The first-order valence-corrected chi connectivity index (χ1v) is 7.91. The van der Waals surface area contributed by atoms with Crippen molar-refractivity contribution in [3.8, 4) is 0 Å². The minimum atomic E-state index is -4.37. The number of amides is 3. The molecule has 0 radical (unpaired) electrons. The van der Waals surface area contributed by atoms with Gasteiger partial charge in [0.05, 0.1) is 11.6 Å². The summed E-state index contributed by atoms with van der Waals surface area (Å²) in [5.41, 5.74) is -0.164. The number of hydrogen-bond donors (Lipinski definition) is 2. The van der Waals surface area contributed by atoms with Gasteiger partial charge in [0.15, 0.2) is 0 Å². The molecule has 3 amide bonds. The van der Waals surface area contributed by atoms with E-state index < -0.39 is 29.7 Å². The van der Waals surface area contributed by atoms with Crippen molar-refractivity contribution in [3.63, 3.8) is 0 Å². The molecule has 6 nitrogen and oxygen atoms in total. The zero-order valence-electron chi connectivity index (χ0n) is 14.1. The number of hydrogen-bond acceptors (Lipinski definition) is 4. The summed E-state index contributed by atoms with van der Waals surface area (Å²) >= 11 is 0. The number of carbonyl (C=O) groups excluding carboxylic acids is 2. The van der Waals surface area contributed by atoms with E-state index in [1.54, 1.807) is 13.0 Å². The Hall–Kier alpha value is -2.29. The molecule has 2 N–H and O–H groups in total. The second-order valence-corrected chi connectivity index (χ2v) is 5.82. The molecule has 2 rings (SSSR count). The fraction of sp³-hybridized carbons (Fsp3) is 0.500. The molecule has 0 unspecified atom stereocenters. The van der Waals surface area contributed by atoms with Gasteiger partial charge in [0, 0.05) is 38.9 Å². The average molecular weight is 358 g/mol. The van der Waals surface area contributed by atoms with Gasteiger partial charge in [0.2, 0.25) is 5.91 Å². The maximum Gasteiger partial charge on any atom is 0.416 e. The molecule has 138 valence electrons. The van der Waals surface area contributed by atoms with Gasteiger partial charge in [-0.3, -0.25) is 15.0 Å². The number of imide groups is 1. The van der Waals surface area contributed by atoms with E-state index in [-0.39, 0.29) is 0 Å². The fourth-order valence-electron chi connectivity index (χ4n) is 2.69. The molecule has 1 aromatic carbocycles. The number of rotatable bonds is 3. The third-order valence-electron chi connectivity index (χ3n) is 4.24. The molecule has 0 bridgehead atoms. The number of benzene rings is 1. The number of anilines is 1. The predicted octanol–water partition coefficient (Wildman–Crippen LogP) is 1.67. The van der Waals surface area contributed by atoms with Crippen LogP contribution in [0.15, 0.2) is 24.3 Å². The Bertz CT molecular complexity index is 628. The lowest BCUT2D eigenvalue weighted by Crippen LogP contribution is -2.55. The van der Waals surface area contributed by atoms with Gasteiger partial charge in [-0.05, 0) is 25.1 Å². The predicted molar refractivity (Wildman–Crippen MR) is 87.3 cm³/mol. The van der Waals surface area contributed by atoms with E-state index in [2.05, 4.69) is 10.6 Å². The van der Waals surface area contributed by atoms with Gasteiger partial charge in [-0.25, -0.2) is 4.79 Å². The highest BCUT2D eigenvalue weighted by Gasteiger charge is 2.31. The molecular formula is C16H21F3N4O2. The van der Waals surface area contributed by atoms with E-state index in [4.69, 9.17) is 0 Å². The van der Waals surface area contributed by atoms with Crippen molar-refractivity contribution in [2.45, 2.75) is 19.1 Å². The number of nitrogens with one attached hydrogen (secondary N) is 2. The van der Waals surface area contributed by atoms with E-state index in [0.29, 0.717) is 31.9 Å². The van der Waals surface area contributed by atoms with E-state index in [0.717, 1.165) is 12.1 Å². The van der Waals surface area contributed by atoms with Crippen LogP contribution >= 0.6 is 0 Å². The number of piperazine rings is 1. The van der Waals surface area contributed by atoms with Gasteiger partial charge in [-0.2, -0.15) is 13.2 Å². The SMILES string of the molecule is CNC(=O)NC(=O)[C@@H](C)N1CCN(c2cccc(C(F)(F)F)c2)CC1. The summed E-state index contributed by atoms with van der Waals surface area (Å²) in [4.78, 5) is 26.9. The van der Waals surface area contributed by atoms with Crippen molar-refractivity contribution in [1.82, 2.24) is 15.5 Å². The Kier molecular flexibility index (Phi) is 5.89. The number of urea groups is 1. The molecule has 1 atom stereocenters. The third-order valence-corrected chi connectivity index (χ3v) is 4.24. The second-order valence-electron chi connectivity index (χ2n) is 5.82. The molecule has 0 saturated carbocycles. The third kappa shape index (κ3) is 4.85. The normalized spacial score (nSPS) is 17.1. The van der Waals surface area contributed by atoms with Crippen LogP contribution in [0.4, 0.5) is 23.7 Å². The lowest BCUT2D eigenvalue weighted by atomic mass is 10.1. The second kappa shape index (κ2) is 7.73. The van der Waals surface area contributed by atoms with Crippen molar-refractivity contribution in [2.75, 3.05) is 38.1 Å². The molecule has 0 aromatic heterocycles. The molecule has 9 heteroatoms. The van der Waals surface area contributed by atoms with Crippen LogP contribution in [0.1, 0.15) is 12.5 Å². The molecule has 1 saturated heterocycles. The lowest BCUT2D eigenvalue weighted by Gasteiger charge is -2.38. The molecule has 1 aromatic rings. The van der Waals surface area contributed by atoms with Crippen molar-refractivity contribution >= 4 is 17.6 Å². The first-order valence-electron chi connectivity index (χ1n) is 7.91. The smallest absolute Gasteiger partial charge is 0.369 e. The van der Waals surface area contributed by atoms with Crippen LogP contribution in [-0.4, -0.2) is 56.1 Å². The van der Waals surface area contributed by atoms with Crippen molar-refractivity contribution in [2.24, 2.45) is 0 Å². The topological polar surface area (TPSA) is 64.7 Å². The zero-order chi connectivity index (χ0) is 18.6. The van der Waals surface area contributed by atoms with Gasteiger partial charge < -0.3 is 10.2 Å². The summed E-state index contributed by atoms with van der Waals surface area (Å²) in [5, 5.41) is 4.53. The molecular weight excluding hydrogens is 337 g/mol. The Morgan fingerprint density at radius 3 is 2.36 bits per heavy atom. The molecule has 1 heterocycles. The van der Waals surface area contributed by atoms with Crippen LogP contribution in [0.5, 0.6) is 0 Å². The molecule has 0 spiro atoms. The van der Waals surface area contributed by atoms with Crippen molar-refractivity contribution < 1.29 is 22.8 Å². The monoisotopic (exact) mass is 358 g/mol. The molecule has 1 aliphatic rings. The summed E-state index contributed by atoms with van der Waals surface area (Å²) in [7, 11) is 1.42. The standard InChI is InChI=1S/C16H21F3N4O2/c1-11(14(24)21-15(25)20-2)22-6-8-23(9-7-22)13-5-3-4-12(10-13)16(17,18)19/h3-5,10-11H,6-9H2,1-2H3,(H2,20,21,24,25)/t11-/m1/s1. The van der Waals surface area contributed by atoms with Gasteiger partial charge in [-0.1, -0.05) is 6.07 Å². The largest absolute Gasteiger partial charge is 0.416 e.